The summed E-state index contributed by atoms with van der Waals surface area (Å²) in [5.41, 5.74) is 1.53. The molecule has 2 aromatic rings. The first-order valence-corrected chi connectivity index (χ1v) is 6.37. The molecular weight excluding hydrogens is 257 g/mol. The van der Waals surface area contributed by atoms with Gasteiger partial charge >= 0.3 is 5.97 Å². The van der Waals surface area contributed by atoms with Gasteiger partial charge in [-0.2, -0.15) is 0 Å². The number of aliphatic carboxylic acids is 1. The average Bonchev–Trinajstić information content (AvgIpc) is 2.46. The summed E-state index contributed by atoms with van der Waals surface area (Å²) in [5, 5.41) is 12.4. The number of halogens is 1. The maximum atomic E-state index is 12.9. The maximum Gasteiger partial charge on any atom is 0.325 e. The fourth-order valence-electron chi connectivity index (χ4n) is 2.05. The van der Waals surface area contributed by atoms with Crippen molar-refractivity contribution in [3.63, 3.8) is 0 Å². The van der Waals surface area contributed by atoms with E-state index < -0.39 is 12.0 Å². The fourth-order valence-corrected chi connectivity index (χ4v) is 2.05. The summed E-state index contributed by atoms with van der Waals surface area (Å²) in [5.74, 6) is -1.37. The van der Waals surface area contributed by atoms with Crippen molar-refractivity contribution in [1.82, 2.24) is 5.32 Å². The third-order valence-electron chi connectivity index (χ3n) is 3.17. The Labute approximate surface area is 117 Å². The van der Waals surface area contributed by atoms with Crippen LogP contribution in [0.3, 0.4) is 0 Å². The third kappa shape index (κ3) is 3.42. The first-order valence-electron chi connectivity index (χ1n) is 6.37. The topological polar surface area (TPSA) is 49.3 Å². The Kier molecular flexibility index (Phi) is 4.48. The maximum absolute atomic E-state index is 12.9. The largest absolute Gasteiger partial charge is 0.480 e. The second kappa shape index (κ2) is 6.30. The van der Waals surface area contributed by atoms with Crippen LogP contribution in [0.2, 0.25) is 0 Å². The van der Waals surface area contributed by atoms with Gasteiger partial charge in [0.1, 0.15) is 11.9 Å². The van der Waals surface area contributed by atoms with Crippen LogP contribution >= 0.6 is 0 Å². The zero-order valence-electron chi connectivity index (χ0n) is 11.1. The Morgan fingerprint density at radius 3 is 2.20 bits per heavy atom. The van der Waals surface area contributed by atoms with E-state index in [0.717, 1.165) is 5.56 Å². The van der Waals surface area contributed by atoms with Crippen LogP contribution in [0.15, 0.2) is 54.6 Å². The lowest BCUT2D eigenvalue weighted by atomic mass is 10.0. The van der Waals surface area contributed by atoms with Gasteiger partial charge < -0.3 is 5.11 Å². The van der Waals surface area contributed by atoms with Gasteiger partial charge in [0, 0.05) is 6.04 Å². The minimum Gasteiger partial charge on any atom is -0.480 e. The number of hydrogen-bond acceptors (Lipinski definition) is 2. The quantitative estimate of drug-likeness (QED) is 0.878. The molecule has 0 saturated carbocycles. The van der Waals surface area contributed by atoms with Crippen molar-refractivity contribution in [3.8, 4) is 0 Å². The molecule has 20 heavy (non-hydrogen) atoms. The van der Waals surface area contributed by atoms with Crippen molar-refractivity contribution in [1.29, 1.82) is 0 Å². The lowest BCUT2D eigenvalue weighted by molar-refractivity contribution is -0.139. The van der Waals surface area contributed by atoms with Gasteiger partial charge in [0.15, 0.2) is 0 Å². The minimum atomic E-state index is -0.987. The minimum absolute atomic E-state index is 0.123. The molecule has 0 spiro atoms. The first-order chi connectivity index (χ1) is 9.58. The Morgan fingerprint density at radius 2 is 1.65 bits per heavy atom. The summed E-state index contributed by atoms with van der Waals surface area (Å²) in [4.78, 5) is 11.4. The monoisotopic (exact) mass is 273 g/mol. The summed E-state index contributed by atoms with van der Waals surface area (Å²) in [6, 6.07) is 14.1. The highest BCUT2D eigenvalue weighted by Crippen LogP contribution is 2.20. The van der Waals surface area contributed by atoms with E-state index in [4.69, 9.17) is 0 Å². The van der Waals surface area contributed by atoms with Crippen LogP contribution in [0.25, 0.3) is 0 Å². The molecule has 0 fully saturated rings. The van der Waals surface area contributed by atoms with Gasteiger partial charge in [-0.3, -0.25) is 10.1 Å². The Bertz CT molecular complexity index is 569. The van der Waals surface area contributed by atoms with E-state index in [2.05, 4.69) is 5.32 Å². The number of carboxylic acid groups (broad SMARTS) is 1. The average molecular weight is 273 g/mol. The highest BCUT2D eigenvalue weighted by Gasteiger charge is 2.22. The molecule has 0 aliphatic rings. The van der Waals surface area contributed by atoms with Gasteiger partial charge in [-0.1, -0.05) is 42.5 Å². The summed E-state index contributed by atoms with van der Waals surface area (Å²) < 4.78 is 12.9. The van der Waals surface area contributed by atoms with Crippen molar-refractivity contribution < 1.29 is 14.3 Å². The molecule has 0 amide bonds. The number of benzene rings is 2. The Balaban J connectivity index is 2.18. The third-order valence-corrected chi connectivity index (χ3v) is 3.17. The molecule has 0 aromatic heterocycles. The van der Waals surface area contributed by atoms with Gasteiger partial charge in [-0.15, -0.1) is 0 Å². The summed E-state index contributed by atoms with van der Waals surface area (Å²) >= 11 is 0. The van der Waals surface area contributed by atoms with Crippen LogP contribution < -0.4 is 5.32 Å². The lowest BCUT2D eigenvalue weighted by Crippen LogP contribution is -2.30. The lowest BCUT2D eigenvalue weighted by Gasteiger charge is -2.21. The number of nitrogens with one attached hydrogen (secondary N) is 1. The second-order valence-electron chi connectivity index (χ2n) is 4.62. The molecule has 3 nitrogen and oxygen atoms in total. The fraction of sp³-hybridized carbons (Fsp3) is 0.188. The number of hydrogen-bond donors (Lipinski definition) is 2. The van der Waals surface area contributed by atoms with Gasteiger partial charge in [0.2, 0.25) is 0 Å². The smallest absolute Gasteiger partial charge is 0.325 e. The molecule has 2 aromatic carbocycles. The van der Waals surface area contributed by atoms with Gasteiger partial charge in [0.05, 0.1) is 0 Å². The molecule has 104 valence electrons. The number of carboxylic acids is 1. The standard InChI is InChI=1S/C16H16FNO2/c1-11(12-5-3-2-4-6-12)18-15(16(19)20)13-7-9-14(17)10-8-13/h2-11,15,18H,1H3,(H,19,20)/t11-,15-/m1/s1. The predicted molar refractivity (Wildman–Crippen MR) is 74.8 cm³/mol. The van der Waals surface area contributed by atoms with E-state index in [1.807, 2.05) is 37.3 Å². The van der Waals surface area contributed by atoms with E-state index in [1.165, 1.54) is 24.3 Å². The van der Waals surface area contributed by atoms with Crippen LogP contribution in [-0.2, 0) is 4.79 Å². The van der Waals surface area contributed by atoms with E-state index >= 15 is 0 Å². The first kappa shape index (κ1) is 14.2. The zero-order chi connectivity index (χ0) is 14.5. The van der Waals surface area contributed by atoms with Gasteiger partial charge in [0.25, 0.3) is 0 Å². The normalized spacial score (nSPS) is 13.7. The predicted octanol–water partition coefficient (Wildman–Crippen LogP) is 3.30. The molecule has 4 heteroatoms. The molecule has 0 unspecified atom stereocenters. The van der Waals surface area contributed by atoms with Crippen LogP contribution in [0, 0.1) is 5.82 Å². The van der Waals surface area contributed by atoms with E-state index in [1.54, 1.807) is 0 Å². The molecule has 0 saturated heterocycles. The molecule has 0 bridgehead atoms. The number of rotatable bonds is 5. The zero-order valence-corrected chi connectivity index (χ0v) is 11.1. The van der Waals surface area contributed by atoms with Gasteiger partial charge in [-0.25, -0.2) is 4.39 Å². The molecule has 2 rings (SSSR count). The van der Waals surface area contributed by atoms with Crippen molar-refractivity contribution in [2.24, 2.45) is 0 Å². The highest BCUT2D eigenvalue weighted by atomic mass is 19.1. The molecule has 2 atom stereocenters. The number of carbonyl (C=O) groups is 1. The van der Waals surface area contributed by atoms with Crippen LogP contribution in [-0.4, -0.2) is 11.1 Å². The van der Waals surface area contributed by atoms with Crippen LogP contribution in [0.4, 0.5) is 4.39 Å². The highest BCUT2D eigenvalue weighted by molar-refractivity contribution is 5.75. The summed E-state index contributed by atoms with van der Waals surface area (Å²) in [7, 11) is 0. The van der Waals surface area contributed by atoms with Crippen molar-refractivity contribution in [2.45, 2.75) is 19.0 Å². The molecule has 0 radical (unpaired) electrons. The van der Waals surface area contributed by atoms with Crippen LogP contribution in [0.1, 0.15) is 30.1 Å². The van der Waals surface area contributed by atoms with Crippen LogP contribution in [0.5, 0.6) is 0 Å². The van der Waals surface area contributed by atoms with Crippen molar-refractivity contribution in [3.05, 3.63) is 71.5 Å². The summed E-state index contributed by atoms with van der Waals surface area (Å²) in [6.45, 7) is 1.90. The molecule has 2 N–H and O–H groups in total. The molecule has 0 aliphatic carbocycles. The Morgan fingerprint density at radius 1 is 1.05 bits per heavy atom. The Hall–Kier alpha value is -2.20. The second-order valence-corrected chi connectivity index (χ2v) is 4.62. The van der Waals surface area contributed by atoms with E-state index in [9.17, 15) is 14.3 Å². The molecule has 0 heterocycles. The molecule has 0 aliphatic heterocycles. The van der Waals surface area contributed by atoms with Crippen molar-refractivity contribution in [2.75, 3.05) is 0 Å². The van der Waals surface area contributed by atoms with E-state index in [0.29, 0.717) is 5.56 Å². The summed E-state index contributed by atoms with van der Waals surface area (Å²) in [6.07, 6.45) is 0. The van der Waals surface area contributed by atoms with Crippen molar-refractivity contribution >= 4 is 5.97 Å². The van der Waals surface area contributed by atoms with Gasteiger partial charge in [-0.05, 0) is 30.2 Å². The van der Waals surface area contributed by atoms with E-state index in [-0.39, 0.29) is 11.9 Å². The molecular formula is C16H16FNO2. The SMILES string of the molecule is C[C@@H](N[C@@H](C(=O)O)c1ccc(F)cc1)c1ccccc1.